The first kappa shape index (κ1) is 22.0. The normalized spacial score (nSPS) is 11.7. The molecule has 0 aromatic heterocycles. The van der Waals surface area contributed by atoms with Gasteiger partial charge >= 0.3 is 17.3 Å². The molecular weight excluding hydrogens is 376 g/mol. The lowest BCUT2D eigenvalue weighted by molar-refractivity contribution is -0.395. The van der Waals surface area contributed by atoms with E-state index in [0.717, 1.165) is 25.7 Å². The monoisotopic (exact) mass is 400 g/mol. The van der Waals surface area contributed by atoms with Crippen LogP contribution < -0.4 is 4.74 Å². The number of rotatable bonds is 10. The van der Waals surface area contributed by atoms with Crippen LogP contribution in [0, 0.1) is 20.2 Å². The molecule has 154 valence electrons. The van der Waals surface area contributed by atoms with E-state index in [9.17, 15) is 25.0 Å². The van der Waals surface area contributed by atoms with Crippen molar-refractivity contribution in [3.63, 3.8) is 0 Å². The Labute approximate surface area is 168 Å². The van der Waals surface area contributed by atoms with Crippen molar-refractivity contribution in [3.8, 4) is 5.75 Å². The van der Waals surface area contributed by atoms with Gasteiger partial charge in [-0.25, -0.2) is 4.79 Å². The van der Waals surface area contributed by atoms with Gasteiger partial charge in [0.2, 0.25) is 0 Å². The Morgan fingerprint density at radius 3 is 2.07 bits per heavy atom. The first-order valence-corrected chi connectivity index (χ1v) is 9.62. The largest absolute Gasteiger partial charge is 0.408 e. The van der Waals surface area contributed by atoms with E-state index in [1.54, 1.807) is 18.2 Å². The fourth-order valence-electron chi connectivity index (χ4n) is 3.20. The molecule has 0 saturated carbocycles. The van der Waals surface area contributed by atoms with Crippen LogP contribution >= 0.6 is 0 Å². The third kappa shape index (κ3) is 5.60. The number of nitro benzene ring substituents is 2. The number of benzene rings is 2. The van der Waals surface area contributed by atoms with E-state index in [1.807, 2.05) is 6.92 Å². The average molecular weight is 400 g/mol. The molecule has 8 heteroatoms. The highest BCUT2D eigenvalue weighted by Gasteiger charge is 2.32. The summed E-state index contributed by atoms with van der Waals surface area (Å²) >= 11 is 0. The molecule has 0 heterocycles. The molecule has 0 aliphatic carbocycles. The van der Waals surface area contributed by atoms with Crippen molar-refractivity contribution in [1.82, 2.24) is 0 Å². The second kappa shape index (κ2) is 10.3. The zero-order chi connectivity index (χ0) is 21.4. The Bertz CT molecular complexity index is 847. The van der Waals surface area contributed by atoms with E-state index in [2.05, 4.69) is 6.92 Å². The standard InChI is InChI=1S/C21H24N2O6/c1-3-5-7-10-15(4-2)17-13-18(22(25)26)20(19(14-17)23(27)28)29-21(24)16-11-8-6-9-12-16/h6,8-9,11-15H,3-5,7,10H2,1-2H3. The van der Waals surface area contributed by atoms with E-state index >= 15 is 0 Å². The minimum atomic E-state index is -0.889. The van der Waals surface area contributed by atoms with Crippen molar-refractivity contribution in [2.45, 2.75) is 51.9 Å². The highest BCUT2D eigenvalue weighted by Crippen LogP contribution is 2.41. The summed E-state index contributed by atoms with van der Waals surface area (Å²) in [6, 6.07) is 10.4. The molecule has 1 unspecified atom stereocenters. The lowest BCUT2D eigenvalue weighted by Gasteiger charge is -2.16. The summed E-state index contributed by atoms with van der Waals surface area (Å²) < 4.78 is 5.13. The van der Waals surface area contributed by atoms with E-state index in [0.29, 0.717) is 12.0 Å². The van der Waals surface area contributed by atoms with Crippen LogP contribution in [0.1, 0.15) is 67.8 Å². The van der Waals surface area contributed by atoms with Crippen molar-refractivity contribution in [2.24, 2.45) is 0 Å². The number of carbonyl (C=O) groups excluding carboxylic acids is 1. The maximum Gasteiger partial charge on any atom is 0.344 e. The summed E-state index contributed by atoms with van der Waals surface area (Å²) in [5, 5.41) is 23.3. The molecule has 0 saturated heterocycles. The quantitative estimate of drug-likeness (QED) is 0.164. The third-order valence-electron chi connectivity index (χ3n) is 4.79. The number of unbranched alkanes of at least 4 members (excludes halogenated alkanes) is 2. The first-order chi connectivity index (χ1) is 13.9. The van der Waals surface area contributed by atoms with Crippen LogP contribution in [0.2, 0.25) is 0 Å². The molecule has 2 aromatic rings. The molecule has 0 radical (unpaired) electrons. The first-order valence-electron chi connectivity index (χ1n) is 9.62. The van der Waals surface area contributed by atoms with Gasteiger partial charge in [0.15, 0.2) is 0 Å². The van der Waals surface area contributed by atoms with Gasteiger partial charge in [0.05, 0.1) is 15.4 Å². The maximum atomic E-state index is 12.3. The van der Waals surface area contributed by atoms with Gasteiger partial charge in [0, 0.05) is 12.1 Å². The zero-order valence-corrected chi connectivity index (χ0v) is 16.5. The Hall–Kier alpha value is -3.29. The summed E-state index contributed by atoms with van der Waals surface area (Å²) in [5.41, 5.74) is -0.493. The summed E-state index contributed by atoms with van der Waals surface area (Å²) in [6.07, 6.45) is 4.46. The predicted molar refractivity (Wildman–Crippen MR) is 108 cm³/mol. The molecule has 2 rings (SSSR count). The van der Waals surface area contributed by atoms with Crippen LogP contribution in [-0.4, -0.2) is 15.8 Å². The van der Waals surface area contributed by atoms with E-state index < -0.39 is 32.9 Å². The molecule has 29 heavy (non-hydrogen) atoms. The van der Waals surface area contributed by atoms with Crippen LogP contribution in [-0.2, 0) is 0 Å². The summed E-state index contributed by atoms with van der Waals surface area (Å²) in [5.74, 6) is -1.57. The molecule has 1 atom stereocenters. The Kier molecular flexibility index (Phi) is 7.82. The van der Waals surface area contributed by atoms with Crippen molar-refractivity contribution in [2.75, 3.05) is 0 Å². The van der Waals surface area contributed by atoms with Crippen molar-refractivity contribution in [1.29, 1.82) is 0 Å². The van der Waals surface area contributed by atoms with Crippen LogP contribution in [0.25, 0.3) is 0 Å². The minimum absolute atomic E-state index is 0.0437. The summed E-state index contributed by atoms with van der Waals surface area (Å²) in [4.78, 5) is 34.1. The number of nitro groups is 2. The number of ether oxygens (including phenoxy) is 1. The molecular formula is C21H24N2O6. The molecule has 0 spiro atoms. The summed E-state index contributed by atoms with van der Waals surface area (Å²) in [6.45, 7) is 4.02. The number of carbonyl (C=O) groups is 1. The lowest BCUT2D eigenvalue weighted by atomic mass is 9.90. The molecule has 2 aromatic carbocycles. The number of hydrogen-bond donors (Lipinski definition) is 0. The van der Waals surface area contributed by atoms with Crippen molar-refractivity contribution in [3.05, 3.63) is 73.8 Å². The molecule has 0 amide bonds. The van der Waals surface area contributed by atoms with E-state index in [-0.39, 0.29) is 11.5 Å². The fraction of sp³-hybridized carbons (Fsp3) is 0.381. The topological polar surface area (TPSA) is 113 Å². The Balaban J connectivity index is 2.48. The predicted octanol–water partition coefficient (Wildman–Crippen LogP) is 5.80. The van der Waals surface area contributed by atoms with Gasteiger partial charge in [-0.05, 0) is 36.5 Å². The zero-order valence-electron chi connectivity index (χ0n) is 16.5. The number of hydrogen-bond acceptors (Lipinski definition) is 6. The highest BCUT2D eigenvalue weighted by atomic mass is 16.6. The molecule has 0 aliphatic heterocycles. The van der Waals surface area contributed by atoms with E-state index in [4.69, 9.17) is 4.74 Å². The molecule has 0 aliphatic rings. The van der Waals surface area contributed by atoms with E-state index in [1.165, 1.54) is 24.3 Å². The smallest absolute Gasteiger partial charge is 0.344 e. The van der Waals surface area contributed by atoms with Crippen LogP contribution in [0.3, 0.4) is 0 Å². The molecule has 0 bridgehead atoms. The molecule has 8 nitrogen and oxygen atoms in total. The van der Waals surface area contributed by atoms with Crippen LogP contribution in [0.15, 0.2) is 42.5 Å². The maximum absolute atomic E-state index is 12.3. The Morgan fingerprint density at radius 2 is 1.59 bits per heavy atom. The van der Waals surface area contributed by atoms with Gasteiger partial charge in [-0.3, -0.25) is 20.2 Å². The fourth-order valence-corrected chi connectivity index (χ4v) is 3.20. The second-order valence-electron chi connectivity index (χ2n) is 6.76. The Morgan fingerprint density at radius 1 is 1.00 bits per heavy atom. The van der Waals surface area contributed by atoms with Gasteiger partial charge in [-0.15, -0.1) is 0 Å². The molecule has 0 fully saturated rings. The SMILES string of the molecule is CCCCCC(CC)c1cc([N+](=O)[O-])c(OC(=O)c2ccccc2)c([N+](=O)[O-])c1. The number of esters is 1. The second-order valence-corrected chi connectivity index (χ2v) is 6.76. The van der Waals surface area contributed by atoms with Crippen molar-refractivity contribution >= 4 is 17.3 Å². The highest BCUT2D eigenvalue weighted by molar-refractivity contribution is 5.92. The van der Waals surface area contributed by atoms with Crippen LogP contribution in [0.5, 0.6) is 5.75 Å². The van der Waals surface area contributed by atoms with Gasteiger partial charge in [0.1, 0.15) is 0 Å². The van der Waals surface area contributed by atoms with Gasteiger partial charge in [-0.2, -0.15) is 0 Å². The van der Waals surface area contributed by atoms with Crippen LogP contribution in [0.4, 0.5) is 11.4 Å². The van der Waals surface area contributed by atoms with Gasteiger partial charge in [-0.1, -0.05) is 51.3 Å². The van der Waals surface area contributed by atoms with Crippen molar-refractivity contribution < 1.29 is 19.4 Å². The third-order valence-corrected chi connectivity index (χ3v) is 4.79. The average Bonchev–Trinajstić information content (AvgIpc) is 2.71. The minimum Gasteiger partial charge on any atom is -0.408 e. The lowest BCUT2D eigenvalue weighted by Crippen LogP contribution is -2.12. The van der Waals surface area contributed by atoms with Gasteiger partial charge in [0.25, 0.3) is 5.75 Å². The molecule has 0 N–H and O–H groups in total. The van der Waals surface area contributed by atoms with Gasteiger partial charge < -0.3 is 4.74 Å². The number of nitrogens with zero attached hydrogens (tertiary/aromatic N) is 2. The summed E-state index contributed by atoms with van der Waals surface area (Å²) in [7, 11) is 0.